The third kappa shape index (κ3) is 3.19. The maximum Gasteiger partial charge on any atom is 0.307 e. The highest BCUT2D eigenvalue weighted by molar-refractivity contribution is 14.1. The Hall–Kier alpha value is -0.700. The molecule has 2 rings (SSSR count). The van der Waals surface area contributed by atoms with Gasteiger partial charge in [0.05, 0.1) is 0 Å². The number of carbonyl (C=O) groups is 1. The molecule has 0 radical (unpaired) electrons. The van der Waals surface area contributed by atoms with E-state index < -0.39 is 15.5 Å². The van der Waals surface area contributed by atoms with E-state index in [9.17, 15) is 17.1 Å². The molecule has 0 spiro atoms. The highest BCUT2D eigenvalue weighted by Crippen LogP contribution is 2.21. The van der Waals surface area contributed by atoms with Crippen molar-refractivity contribution in [2.75, 3.05) is 6.54 Å². The molecule has 1 aliphatic rings. The second-order valence-corrected chi connectivity index (χ2v) is 7.07. The van der Waals surface area contributed by atoms with Crippen molar-refractivity contribution >= 4 is 38.7 Å². The minimum atomic E-state index is -4.63. The Bertz CT molecular complexity index is 558. The lowest BCUT2D eigenvalue weighted by molar-refractivity contribution is -0.128. The zero-order valence-electron chi connectivity index (χ0n) is 9.34. The van der Waals surface area contributed by atoms with Crippen molar-refractivity contribution in [3.63, 3.8) is 0 Å². The van der Waals surface area contributed by atoms with Gasteiger partial charge < -0.3 is 4.90 Å². The molecule has 18 heavy (non-hydrogen) atoms. The summed E-state index contributed by atoms with van der Waals surface area (Å²) in [5.74, 6) is -0.320. The Morgan fingerprint density at radius 2 is 1.94 bits per heavy atom. The fourth-order valence-electron chi connectivity index (χ4n) is 1.89. The maximum absolute atomic E-state index is 12.8. The number of benzene rings is 1. The highest BCUT2D eigenvalue weighted by Gasteiger charge is 2.38. The van der Waals surface area contributed by atoms with Gasteiger partial charge in [0.2, 0.25) is 5.91 Å². The molecule has 0 N–H and O–H groups in total. The molecule has 0 saturated carbocycles. The van der Waals surface area contributed by atoms with E-state index in [4.69, 9.17) is 0 Å². The van der Waals surface area contributed by atoms with E-state index in [1.54, 1.807) is 0 Å². The number of amides is 1. The molecule has 1 amide bonds. The van der Waals surface area contributed by atoms with E-state index in [-0.39, 0.29) is 18.9 Å². The van der Waals surface area contributed by atoms with E-state index in [1.165, 1.54) is 4.90 Å². The third-order valence-electron chi connectivity index (χ3n) is 2.86. The van der Waals surface area contributed by atoms with E-state index in [2.05, 4.69) is 22.6 Å². The van der Waals surface area contributed by atoms with Crippen molar-refractivity contribution in [2.45, 2.75) is 18.2 Å². The van der Waals surface area contributed by atoms with Crippen LogP contribution in [0.1, 0.15) is 12.0 Å². The molecule has 0 aromatic heterocycles. The fraction of sp³-hybridized carbons (Fsp3) is 0.364. The standard InChI is InChI=1S/C11H11FINO3S/c12-18(16,17)10-5-11(15)14(7-10)6-8-1-3-9(13)4-2-8/h1-4,10H,5-7H2. The summed E-state index contributed by atoms with van der Waals surface area (Å²) in [6.07, 6.45) is -0.261. The minimum absolute atomic E-state index is 0.0658. The van der Waals surface area contributed by atoms with Crippen LogP contribution in [0, 0.1) is 3.57 Å². The van der Waals surface area contributed by atoms with Gasteiger partial charge in [-0.3, -0.25) is 4.79 Å². The second kappa shape index (κ2) is 5.12. The van der Waals surface area contributed by atoms with Crippen molar-refractivity contribution in [3.05, 3.63) is 33.4 Å². The van der Waals surface area contributed by atoms with Gasteiger partial charge >= 0.3 is 10.2 Å². The predicted octanol–water partition coefficient (Wildman–Crippen LogP) is 1.69. The molecule has 98 valence electrons. The first-order valence-electron chi connectivity index (χ1n) is 5.32. The van der Waals surface area contributed by atoms with Gasteiger partial charge in [0.15, 0.2) is 0 Å². The number of hydrogen-bond donors (Lipinski definition) is 0. The number of nitrogens with zero attached hydrogens (tertiary/aromatic N) is 1. The molecular formula is C11H11FINO3S. The molecule has 1 aromatic rings. The molecule has 4 nitrogen and oxygen atoms in total. The minimum Gasteiger partial charge on any atom is -0.337 e. The van der Waals surface area contributed by atoms with Gasteiger partial charge in [0.1, 0.15) is 5.25 Å². The Balaban J connectivity index is 2.07. The monoisotopic (exact) mass is 383 g/mol. The van der Waals surface area contributed by atoms with Crippen LogP contribution in [0.5, 0.6) is 0 Å². The zero-order chi connectivity index (χ0) is 13.3. The number of hydrogen-bond acceptors (Lipinski definition) is 3. The largest absolute Gasteiger partial charge is 0.337 e. The predicted molar refractivity (Wildman–Crippen MR) is 73.0 cm³/mol. The summed E-state index contributed by atoms with van der Waals surface area (Å²) in [4.78, 5) is 13.0. The molecule has 1 saturated heterocycles. The van der Waals surface area contributed by atoms with Crippen molar-refractivity contribution < 1.29 is 17.1 Å². The molecule has 0 aliphatic carbocycles. The number of halogens is 2. The molecule has 0 bridgehead atoms. The van der Waals surface area contributed by atoms with Gasteiger partial charge in [0, 0.05) is 23.1 Å². The van der Waals surface area contributed by atoms with E-state index in [0.717, 1.165) is 9.13 Å². The molecule has 1 aromatic carbocycles. The summed E-state index contributed by atoms with van der Waals surface area (Å²) in [5, 5.41) is -1.21. The van der Waals surface area contributed by atoms with Crippen LogP contribution in [-0.4, -0.2) is 31.0 Å². The van der Waals surface area contributed by atoms with Gasteiger partial charge in [-0.2, -0.15) is 8.42 Å². The van der Waals surface area contributed by atoms with Crippen LogP contribution < -0.4 is 0 Å². The van der Waals surface area contributed by atoms with Crippen molar-refractivity contribution in [1.82, 2.24) is 4.90 Å². The van der Waals surface area contributed by atoms with Crippen LogP contribution in [0.15, 0.2) is 24.3 Å². The van der Waals surface area contributed by atoms with Gasteiger partial charge in [-0.25, -0.2) is 0 Å². The first kappa shape index (κ1) is 13.7. The summed E-state index contributed by atoms with van der Waals surface area (Å²) < 4.78 is 35.5. The summed E-state index contributed by atoms with van der Waals surface area (Å²) >= 11 is 2.17. The Morgan fingerprint density at radius 1 is 1.33 bits per heavy atom. The number of rotatable bonds is 3. The average molecular weight is 383 g/mol. The molecular weight excluding hydrogens is 372 g/mol. The Morgan fingerprint density at radius 3 is 2.44 bits per heavy atom. The third-order valence-corrected chi connectivity index (χ3v) is 4.70. The molecule has 1 unspecified atom stereocenters. The van der Waals surface area contributed by atoms with Crippen LogP contribution in [0.25, 0.3) is 0 Å². The van der Waals surface area contributed by atoms with Gasteiger partial charge in [-0.15, -0.1) is 3.89 Å². The number of carbonyl (C=O) groups excluding carboxylic acids is 1. The summed E-state index contributed by atoms with van der Waals surface area (Å²) in [6.45, 7) is 0.255. The van der Waals surface area contributed by atoms with Gasteiger partial charge in [-0.1, -0.05) is 12.1 Å². The van der Waals surface area contributed by atoms with Crippen molar-refractivity contribution in [2.24, 2.45) is 0 Å². The van der Waals surface area contributed by atoms with Crippen molar-refractivity contribution in [3.8, 4) is 0 Å². The Labute approximate surface area is 119 Å². The first-order chi connectivity index (χ1) is 8.36. The normalized spacial score (nSPS) is 20.4. The van der Waals surface area contributed by atoms with E-state index in [0.29, 0.717) is 6.54 Å². The average Bonchev–Trinajstić information content (AvgIpc) is 2.63. The van der Waals surface area contributed by atoms with Crippen LogP contribution in [0.2, 0.25) is 0 Å². The van der Waals surface area contributed by atoms with Crippen LogP contribution in [-0.2, 0) is 21.6 Å². The van der Waals surface area contributed by atoms with Gasteiger partial charge in [0.25, 0.3) is 0 Å². The molecule has 1 atom stereocenters. The summed E-state index contributed by atoms with van der Waals surface area (Å²) in [5.41, 5.74) is 0.903. The van der Waals surface area contributed by atoms with Crippen LogP contribution in [0.4, 0.5) is 3.89 Å². The smallest absolute Gasteiger partial charge is 0.307 e. The SMILES string of the molecule is O=C1CC(S(=O)(=O)F)CN1Cc1ccc(I)cc1. The molecule has 1 heterocycles. The topological polar surface area (TPSA) is 54.5 Å². The lowest BCUT2D eigenvalue weighted by atomic mass is 10.2. The maximum atomic E-state index is 12.8. The molecule has 7 heteroatoms. The molecule has 1 aliphatic heterocycles. The zero-order valence-corrected chi connectivity index (χ0v) is 12.3. The lowest BCUT2D eigenvalue weighted by Crippen LogP contribution is -2.26. The van der Waals surface area contributed by atoms with Gasteiger partial charge in [-0.05, 0) is 40.3 Å². The fourth-order valence-corrected chi connectivity index (χ4v) is 2.95. The summed E-state index contributed by atoms with van der Waals surface area (Å²) in [7, 11) is -4.63. The van der Waals surface area contributed by atoms with Crippen LogP contribution >= 0.6 is 22.6 Å². The first-order valence-corrected chi connectivity index (χ1v) is 7.84. The second-order valence-electron chi connectivity index (χ2n) is 4.20. The van der Waals surface area contributed by atoms with Crippen molar-refractivity contribution in [1.29, 1.82) is 0 Å². The summed E-state index contributed by atoms with van der Waals surface area (Å²) in [6, 6.07) is 7.54. The van der Waals surface area contributed by atoms with E-state index >= 15 is 0 Å². The Kier molecular flexibility index (Phi) is 3.90. The number of likely N-dealkylation sites (tertiary alicyclic amines) is 1. The van der Waals surface area contributed by atoms with E-state index in [1.807, 2.05) is 24.3 Å². The quantitative estimate of drug-likeness (QED) is 0.590. The highest BCUT2D eigenvalue weighted by atomic mass is 127. The van der Waals surface area contributed by atoms with Crippen LogP contribution in [0.3, 0.4) is 0 Å². The molecule has 1 fully saturated rings. The lowest BCUT2D eigenvalue weighted by Gasteiger charge is -2.15.